The number of hydrogen-bond donors (Lipinski definition) is 1. The SMILES string of the molecule is CCCCSC1(SCCCC)N=C(N)C2(C#N)C(c3ccncc3)C12C#N. The molecule has 2 heterocycles. The first kappa shape index (κ1) is 20.0. The number of pyridine rings is 1. The van der Waals surface area contributed by atoms with Gasteiger partial charge in [-0.05, 0) is 42.0 Å². The number of aromatic nitrogens is 1. The van der Waals surface area contributed by atoms with E-state index in [1.165, 1.54) is 0 Å². The van der Waals surface area contributed by atoms with Gasteiger partial charge in [-0.3, -0.25) is 4.98 Å². The molecule has 27 heavy (non-hydrogen) atoms. The Morgan fingerprint density at radius 1 is 1.07 bits per heavy atom. The number of unbranched alkanes of at least 4 members (excludes halogenated alkanes) is 2. The lowest BCUT2D eigenvalue weighted by atomic mass is 9.97. The largest absolute Gasteiger partial charge is 0.386 e. The lowest BCUT2D eigenvalue weighted by Crippen LogP contribution is -2.32. The number of thioether (sulfide) groups is 2. The van der Waals surface area contributed by atoms with Gasteiger partial charge < -0.3 is 5.73 Å². The molecule has 2 N–H and O–H groups in total. The molecule has 1 aromatic heterocycles. The van der Waals surface area contributed by atoms with Gasteiger partial charge in [-0.25, -0.2) is 4.99 Å². The molecule has 1 aliphatic heterocycles. The predicted octanol–water partition coefficient (Wildman–Crippen LogP) is 4.29. The normalized spacial score (nSPS) is 30.1. The maximum atomic E-state index is 10.4. The second kappa shape index (κ2) is 7.73. The Bertz CT molecular complexity index is 787. The second-order valence-electron chi connectivity index (χ2n) is 7.04. The predicted molar refractivity (Wildman–Crippen MR) is 112 cm³/mol. The topological polar surface area (TPSA) is 98.8 Å². The summed E-state index contributed by atoms with van der Waals surface area (Å²) in [5.74, 6) is 1.87. The molecule has 1 fully saturated rings. The highest BCUT2D eigenvalue weighted by molar-refractivity contribution is 8.18. The van der Waals surface area contributed by atoms with Gasteiger partial charge in [0.2, 0.25) is 0 Å². The fraction of sp³-hybridized carbons (Fsp3) is 0.600. The van der Waals surface area contributed by atoms with Crippen LogP contribution in [0.25, 0.3) is 0 Å². The molecule has 0 radical (unpaired) electrons. The fourth-order valence-corrected chi connectivity index (χ4v) is 7.81. The number of aliphatic imine (C=N–C) groups is 1. The van der Waals surface area contributed by atoms with Gasteiger partial charge in [-0.15, -0.1) is 23.5 Å². The van der Waals surface area contributed by atoms with Crippen LogP contribution >= 0.6 is 23.5 Å². The van der Waals surface area contributed by atoms with E-state index in [0.29, 0.717) is 5.84 Å². The highest BCUT2D eigenvalue weighted by Gasteiger charge is 2.91. The van der Waals surface area contributed by atoms with Crippen LogP contribution in [0.5, 0.6) is 0 Å². The van der Waals surface area contributed by atoms with Crippen LogP contribution in [0, 0.1) is 33.5 Å². The fourth-order valence-electron chi connectivity index (χ4n) is 4.12. The van der Waals surface area contributed by atoms with Crippen molar-refractivity contribution in [3.8, 4) is 12.1 Å². The first-order valence-electron chi connectivity index (χ1n) is 9.46. The van der Waals surface area contributed by atoms with Crippen molar-refractivity contribution in [1.29, 1.82) is 10.5 Å². The van der Waals surface area contributed by atoms with E-state index in [9.17, 15) is 10.5 Å². The van der Waals surface area contributed by atoms with Crippen LogP contribution in [0.2, 0.25) is 0 Å². The first-order chi connectivity index (χ1) is 13.1. The van der Waals surface area contributed by atoms with Crippen molar-refractivity contribution in [2.45, 2.75) is 49.7 Å². The maximum Gasteiger partial charge on any atom is 0.175 e. The third kappa shape index (κ3) is 2.67. The Balaban J connectivity index is 2.08. The Labute approximate surface area is 169 Å². The van der Waals surface area contributed by atoms with E-state index in [2.05, 4.69) is 31.0 Å². The summed E-state index contributed by atoms with van der Waals surface area (Å²) in [4.78, 5) is 8.90. The number of nitrogens with zero attached hydrogens (tertiary/aromatic N) is 4. The summed E-state index contributed by atoms with van der Waals surface area (Å²) < 4.78 is -0.722. The molecular weight excluding hydrogens is 374 g/mol. The average Bonchev–Trinajstić information content (AvgIpc) is 3.27. The van der Waals surface area contributed by atoms with Gasteiger partial charge in [0.15, 0.2) is 4.20 Å². The van der Waals surface area contributed by atoms with E-state index in [-0.39, 0.29) is 5.92 Å². The standard InChI is InChI=1S/C20H25N5S2/c1-3-5-11-26-20(27-12-6-4-2)19(14-22)16(15-7-9-24-10-8-15)18(19,13-21)17(23)25-20/h7-10,16H,3-6,11-12H2,1-2H3,(H2,23,25). The van der Waals surface area contributed by atoms with E-state index in [1.54, 1.807) is 35.9 Å². The molecule has 0 spiro atoms. The summed E-state index contributed by atoms with van der Waals surface area (Å²) in [6.07, 6.45) is 7.69. The van der Waals surface area contributed by atoms with Crippen LogP contribution in [0.4, 0.5) is 0 Å². The molecule has 3 unspecified atom stereocenters. The third-order valence-electron chi connectivity index (χ3n) is 5.56. The Morgan fingerprint density at radius 3 is 2.15 bits per heavy atom. The van der Waals surface area contributed by atoms with Crippen molar-refractivity contribution in [2.75, 3.05) is 11.5 Å². The van der Waals surface area contributed by atoms with Gasteiger partial charge in [0.25, 0.3) is 0 Å². The molecule has 0 bridgehead atoms. The Kier molecular flexibility index (Phi) is 5.74. The summed E-state index contributed by atoms with van der Waals surface area (Å²) in [5, 5.41) is 20.5. The Morgan fingerprint density at radius 2 is 1.67 bits per heavy atom. The van der Waals surface area contributed by atoms with Gasteiger partial charge in [0, 0.05) is 18.3 Å². The number of nitrogens with two attached hydrogens (primary N) is 1. The van der Waals surface area contributed by atoms with E-state index in [1.807, 2.05) is 12.1 Å². The molecule has 1 aromatic rings. The molecule has 1 aliphatic carbocycles. The minimum atomic E-state index is -1.04. The minimum absolute atomic E-state index is 0.260. The molecule has 0 aromatic carbocycles. The smallest absolute Gasteiger partial charge is 0.175 e. The number of hydrogen-bond acceptors (Lipinski definition) is 7. The van der Waals surface area contributed by atoms with Gasteiger partial charge in [0.05, 0.1) is 12.1 Å². The van der Waals surface area contributed by atoms with E-state index >= 15 is 0 Å². The van der Waals surface area contributed by atoms with Crippen molar-refractivity contribution in [3.05, 3.63) is 30.1 Å². The number of rotatable bonds is 9. The summed E-state index contributed by atoms with van der Waals surface area (Å²) in [5.41, 5.74) is 5.35. The zero-order valence-electron chi connectivity index (χ0n) is 15.8. The summed E-state index contributed by atoms with van der Waals surface area (Å²) in [6, 6.07) is 8.76. The van der Waals surface area contributed by atoms with E-state index < -0.39 is 15.0 Å². The molecule has 2 aliphatic rings. The van der Waals surface area contributed by atoms with Crippen molar-refractivity contribution in [2.24, 2.45) is 21.6 Å². The van der Waals surface area contributed by atoms with Crippen molar-refractivity contribution in [3.63, 3.8) is 0 Å². The molecule has 142 valence electrons. The summed E-state index contributed by atoms with van der Waals surface area (Å²) >= 11 is 3.40. The van der Waals surface area contributed by atoms with Crippen LogP contribution < -0.4 is 5.73 Å². The van der Waals surface area contributed by atoms with Crippen LogP contribution in [0.15, 0.2) is 29.5 Å². The maximum absolute atomic E-state index is 10.4. The third-order valence-corrected chi connectivity index (χ3v) is 8.86. The molecular formula is C20H25N5S2. The van der Waals surface area contributed by atoms with Gasteiger partial charge in [-0.2, -0.15) is 10.5 Å². The average molecular weight is 400 g/mol. The molecule has 3 atom stereocenters. The molecule has 0 saturated heterocycles. The van der Waals surface area contributed by atoms with Crippen molar-refractivity contribution in [1.82, 2.24) is 4.98 Å². The van der Waals surface area contributed by atoms with Crippen LogP contribution in [0.1, 0.15) is 51.0 Å². The van der Waals surface area contributed by atoms with Crippen LogP contribution in [-0.2, 0) is 0 Å². The minimum Gasteiger partial charge on any atom is -0.386 e. The molecule has 3 rings (SSSR count). The molecule has 5 nitrogen and oxygen atoms in total. The van der Waals surface area contributed by atoms with Gasteiger partial charge in [0.1, 0.15) is 16.7 Å². The van der Waals surface area contributed by atoms with Crippen molar-refractivity contribution >= 4 is 29.4 Å². The van der Waals surface area contributed by atoms with Crippen LogP contribution in [-0.4, -0.2) is 26.5 Å². The zero-order valence-corrected chi connectivity index (χ0v) is 17.4. The van der Waals surface area contributed by atoms with E-state index in [4.69, 9.17) is 10.7 Å². The molecule has 1 saturated carbocycles. The number of nitriles is 2. The van der Waals surface area contributed by atoms with Crippen molar-refractivity contribution < 1.29 is 0 Å². The number of amidine groups is 1. The summed E-state index contributed by atoms with van der Waals surface area (Å²) in [7, 11) is 0. The first-order valence-corrected chi connectivity index (χ1v) is 11.4. The lowest BCUT2D eigenvalue weighted by molar-refractivity contribution is 0.562. The van der Waals surface area contributed by atoms with E-state index in [0.717, 1.165) is 42.8 Å². The van der Waals surface area contributed by atoms with Crippen LogP contribution in [0.3, 0.4) is 0 Å². The summed E-state index contributed by atoms with van der Waals surface area (Å²) in [6.45, 7) is 4.31. The second-order valence-corrected chi connectivity index (χ2v) is 9.87. The monoisotopic (exact) mass is 399 g/mol. The highest BCUT2D eigenvalue weighted by Crippen LogP contribution is 2.85. The van der Waals surface area contributed by atoms with Gasteiger partial charge >= 0.3 is 0 Å². The molecule has 7 heteroatoms. The van der Waals surface area contributed by atoms with Gasteiger partial charge in [-0.1, -0.05) is 26.7 Å². The zero-order chi connectivity index (χ0) is 19.5. The number of fused-ring (bicyclic) bond motifs is 1. The lowest BCUT2D eigenvalue weighted by Gasteiger charge is -2.32. The Hall–Kier alpha value is -1.70. The highest BCUT2D eigenvalue weighted by atomic mass is 32.2. The molecule has 0 amide bonds. The quantitative estimate of drug-likeness (QED) is 0.491.